The standard InChI is InChI=1S/C27H27N3O4/c1-29(2)15-16-30-24(23(26(32)27(30)33)25(31)20-11-13-28-14-12-20)21-9-6-10-22(17-21)34-18-19-7-4-3-5-8-19/h3-14,17,24,31H,15-16,18H2,1-2H3. The number of hydrogen-bond donors (Lipinski definition) is 1. The predicted molar refractivity (Wildman–Crippen MR) is 129 cm³/mol. The highest BCUT2D eigenvalue weighted by atomic mass is 16.5. The smallest absolute Gasteiger partial charge is 0.295 e. The molecular formula is C27H27N3O4. The number of ketones is 1. The number of hydrogen-bond acceptors (Lipinski definition) is 6. The lowest BCUT2D eigenvalue weighted by Gasteiger charge is -2.27. The molecule has 0 saturated carbocycles. The summed E-state index contributed by atoms with van der Waals surface area (Å²) < 4.78 is 5.98. The molecule has 1 fully saturated rings. The molecule has 0 spiro atoms. The zero-order valence-corrected chi connectivity index (χ0v) is 19.2. The van der Waals surface area contributed by atoms with Crippen molar-refractivity contribution in [1.29, 1.82) is 0 Å². The first-order valence-electron chi connectivity index (χ1n) is 11.1. The number of aliphatic hydroxyl groups excluding tert-OH is 1. The van der Waals surface area contributed by atoms with Gasteiger partial charge in [-0.1, -0.05) is 42.5 Å². The van der Waals surface area contributed by atoms with Gasteiger partial charge in [0.25, 0.3) is 11.7 Å². The molecule has 34 heavy (non-hydrogen) atoms. The van der Waals surface area contributed by atoms with E-state index >= 15 is 0 Å². The van der Waals surface area contributed by atoms with Crippen molar-refractivity contribution in [3.63, 3.8) is 0 Å². The van der Waals surface area contributed by atoms with E-state index in [9.17, 15) is 14.7 Å². The predicted octanol–water partition coefficient (Wildman–Crippen LogP) is 3.64. The molecule has 0 bridgehead atoms. The third-order valence-corrected chi connectivity index (χ3v) is 5.70. The monoisotopic (exact) mass is 457 g/mol. The van der Waals surface area contributed by atoms with Gasteiger partial charge in [-0.2, -0.15) is 0 Å². The molecule has 174 valence electrons. The minimum Gasteiger partial charge on any atom is -0.507 e. The summed E-state index contributed by atoms with van der Waals surface area (Å²) in [5, 5.41) is 11.1. The van der Waals surface area contributed by atoms with Gasteiger partial charge in [0.15, 0.2) is 0 Å². The Balaban J connectivity index is 1.72. The molecule has 1 amide bonds. The van der Waals surface area contributed by atoms with Gasteiger partial charge in [-0.25, -0.2) is 0 Å². The molecular weight excluding hydrogens is 430 g/mol. The number of aromatic nitrogens is 1. The lowest BCUT2D eigenvalue weighted by atomic mass is 9.95. The summed E-state index contributed by atoms with van der Waals surface area (Å²) in [6.45, 7) is 1.30. The number of rotatable bonds is 8. The average Bonchev–Trinajstić information content (AvgIpc) is 3.12. The van der Waals surface area contributed by atoms with Crippen LogP contribution >= 0.6 is 0 Å². The Morgan fingerprint density at radius 1 is 1.03 bits per heavy atom. The second kappa shape index (κ2) is 10.3. The molecule has 2 aromatic carbocycles. The lowest BCUT2D eigenvalue weighted by molar-refractivity contribution is -0.140. The molecule has 0 radical (unpaired) electrons. The fourth-order valence-electron chi connectivity index (χ4n) is 3.95. The van der Waals surface area contributed by atoms with Crippen LogP contribution in [0.4, 0.5) is 0 Å². The summed E-state index contributed by atoms with van der Waals surface area (Å²) in [6, 6.07) is 19.6. The molecule has 2 heterocycles. The SMILES string of the molecule is CN(C)CCN1C(=O)C(=O)C(=C(O)c2ccncc2)C1c1cccc(OCc2ccccc2)c1. The number of nitrogens with zero attached hydrogens (tertiary/aromatic N) is 3. The Morgan fingerprint density at radius 2 is 1.76 bits per heavy atom. The number of carbonyl (C=O) groups is 2. The summed E-state index contributed by atoms with van der Waals surface area (Å²) in [7, 11) is 3.81. The summed E-state index contributed by atoms with van der Waals surface area (Å²) >= 11 is 0. The molecule has 1 atom stereocenters. The van der Waals surface area contributed by atoms with Gasteiger partial charge >= 0.3 is 0 Å². The second-order valence-electron chi connectivity index (χ2n) is 8.38. The van der Waals surface area contributed by atoms with Crippen molar-refractivity contribution < 1.29 is 19.4 Å². The highest BCUT2D eigenvalue weighted by Crippen LogP contribution is 2.40. The number of pyridine rings is 1. The largest absolute Gasteiger partial charge is 0.507 e. The highest BCUT2D eigenvalue weighted by molar-refractivity contribution is 6.46. The van der Waals surface area contributed by atoms with E-state index in [-0.39, 0.29) is 11.3 Å². The third kappa shape index (κ3) is 5.00. The van der Waals surface area contributed by atoms with Crippen molar-refractivity contribution in [3.05, 3.63) is 101 Å². The van der Waals surface area contributed by atoms with Gasteiger partial charge in [0.1, 0.15) is 18.1 Å². The van der Waals surface area contributed by atoms with Crippen LogP contribution < -0.4 is 4.74 Å². The number of carbonyl (C=O) groups excluding carboxylic acids is 2. The molecule has 1 saturated heterocycles. The van der Waals surface area contributed by atoms with Crippen LogP contribution in [-0.4, -0.2) is 58.8 Å². The first kappa shape index (κ1) is 23.2. The second-order valence-corrected chi connectivity index (χ2v) is 8.38. The maximum atomic E-state index is 13.1. The van der Waals surface area contributed by atoms with E-state index in [0.29, 0.717) is 36.6 Å². The van der Waals surface area contributed by atoms with E-state index in [0.717, 1.165) is 5.56 Å². The minimum absolute atomic E-state index is 0.0650. The van der Waals surface area contributed by atoms with E-state index < -0.39 is 17.7 Å². The molecule has 1 aliphatic heterocycles. The van der Waals surface area contributed by atoms with Crippen LogP contribution in [0.1, 0.15) is 22.7 Å². The zero-order chi connectivity index (χ0) is 24.1. The summed E-state index contributed by atoms with van der Waals surface area (Å²) in [6.07, 6.45) is 3.06. The maximum absolute atomic E-state index is 13.1. The summed E-state index contributed by atoms with van der Waals surface area (Å²) in [5.74, 6) is -0.927. The number of likely N-dealkylation sites (tertiary alicyclic amines) is 1. The fraction of sp³-hybridized carbons (Fsp3) is 0.222. The highest BCUT2D eigenvalue weighted by Gasteiger charge is 2.46. The number of benzene rings is 2. The van der Waals surface area contributed by atoms with Crippen molar-refractivity contribution in [1.82, 2.24) is 14.8 Å². The van der Waals surface area contributed by atoms with Crippen molar-refractivity contribution in [2.45, 2.75) is 12.6 Å². The average molecular weight is 458 g/mol. The van der Waals surface area contributed by atoms with Crippen LogP contribution in [0.3, 0.4) is 0 Å². The van der Waals surface area contributed by atoms with Crippen molar-refractivity contribution in [2.24, 2.45) is 0 Å². The number of likely N-dealkylation sites (N-methyl/N-ethyl adjacent to an activating group) is 1. The van der Waals surface area contributed by atoms with Crippen LogP contribution in [0.5, 0.6) is 5.75 Å². The fourth-order valence-corrected chi connectivity index (χ4v) is 3.95. The topological polar surface area (TPSA) is 83.0 Å². The van der Waals surface area contributed by atoms with Gasteiger partial charge in [0.2, 0.25) is 0 Å². The molecule has 1 unspecified atom stereocenters. The molecule has 0 aliphatic carbocycles. The first-order valence-corrected chi connectivity index (χ1v) is 11.1. The molecule has 7 nitrogen and oxygen atoms in total. The van der Waals surface area contributed by atoms with Gasteiger partial charge < -0.3 is 19.6 Å². The third-order valence-electron chi connectivity index (χ3n) is 5.70. The van der Waals surface area contributed by atoms with Crippen molar-refractivity contribution in [3.8, 4) is 5.75 Å². The maximum Gasteiger partial charge on any atom is 0.295 e. The molecule has 7 heteroatoms. The van der Waals surface area contributed by atoms with Gasteiger partial charge in [-0.15, -0.1) is 0 Å². The summed E-state index contributed by atoms with van der Waals surface area (Å²) in [4.78, 5) is 33.5. The Bertz CT molecular complexity index is 1190. The minimum atomic E-state index is -0.728. The van der Waals surface area contributed by atoms with E-state index in [1.165, 1.54) is 17.3 Å². The Kier molecular flexibility index (Phi) is 7.04. The van der Waals surface area contributed by atoms with E-state index in [4.69, 9.17) is 4.74 Å². The number of amides is 1. The molecule has 4 rings (SSSR count). The Hall–Kier alpha value is -3.97. The van der Waals surface area contributed by atoms with Gasteiger partial charge in [-0.05, 0) is 49.5 Å². The lowest BCUT2D eigenvalue weighted by Crippen LogP contribution is -2.35. The molecule has 1 aliphatic rings. The number of Topliss-reactive ketones (excluding diaryl/α,β-unsaturated/α-hetero) is 1. The van der Waals surface area contributed by atoms with Crippen LogP contribution in [0, 0.1) is 0 Å². The Labute approximate surface area is 198 Å². The van der Waals surface area contributed by atoms with E-state index in [2.05, 4.69) is 4.98 Å². The normalized spacial score (nSPS) is 17.4. The van der Waals surface area contributed by atoms with Crippen molar-refractivity contribution in [2.75, 3.05) is 27.2 Å². The zero-order valence-electron chi connectivity index (χ0n) is 19.2. The van der Waals surface area contributed by atoms with Crippen LogP contribution in [-0.2, 0) is 16.2 Å². The molecule has 3 aromatic rings. The van der Waals surface area contributed by atoms with Gasteiger partial charge in [0, 0.05) is 31.0 Å². The van der Waals surface area contributed by atoms with Crippen LogP contribution in [0.25, 0.3) is 5.76 Å². The van der Waals surface area contributed by atoms with Crippen molar-refractivity contribution >= 4 is 17.4 Å². The van der Waals surface area contributed by atoms with Crippen LogP contribution in [0.2, 0.25) is 0 Å². The summed E-state index contributed by atoms with van der Waals surface area (Å²) in [5.41, 5.74) is 2.22. The molecule has 1 aromatic heterocycles. The van der Waals surface area contributed by atoms with E-state index in [1.807, 2.05) is 73.6 Å². The molecule has 1 N–H and O–H groups in total. The van der Waals surface area contributed by atoms with Gasteiger partial charge in [-0.3, -0.25) is 14.6 Å². The Morgan fingerprint density at radius 3 is 2.47 bits per heavy atom. The quantitative estimate of drug-likeness (QED) is 0.316. The van der Waals surface area contributed by atoms with Gasteiger partial charge in [0.05, 0.1) is 11.6 Å². The number of aliphatic hydroxyl groups is 1. The van der Waals surface area contributed by atoms with E-state index in [1.54, 1.807) is 12.1 Å². The number of ether oxygens (including phenoxy) is 1. The van der Waals surface area contributed by atoms with Crippen LogP contribution in [0.15, 0.2) is 84.7 Å². The first-order chi connectivity index (χ1) is 16.5.